The lowest BCUT2D eigenvalue weighted by Gasteiger charge is -2.32. The Balaban J connectivity index is 1.78. The van der Waals surface area contributed by atoms with Crippen molar-refractivity contribution in [1.82, 2.24) is 9.97 Å². The van der Waals surface area contributed by atoms with Crippen LogP contribution in [0.15, 0.2) is 35.1 Å². The molecule has 1 N–H and O–H groups in total. The van der Waals surface area contributed by atoms with Gasteiger partial charge in [0.15, 0.2) is 0 Å². The number of carbonyl (C=O) groups is 1. The van der Waals surface area contributed by atoms with Crippen LogP contribution in [0.25, 0.3) is 6.08 Å². The van der Waals surface area contributed by atoms with Gasteiger partial charge in [-0.05, 0) is 62.2 Å². The Bertz CT molecular complexity index is 811. The maximum atomic E-state index is 12.2. The summed E-state index contributed by atoms with van der Waals surface area (Å²) in [6.07, 6.45) is 21.7. The second-order valence-electron chi connectivity index (χ2n) is 9.94. The molecule has 0 fully saturated rings. The van der Waals surface area contributed by atoms with E-state index in [2.05, 4.69) is 56.7 Å². The van der Waals surface area contributed by atoms with E-state index in [1.54, 1.807) is 6.20 Å². The minimum absolute atomic E-state index is 0.234. The minimum atomic E-state index is -0.370. The van der Waals surface area contributed by atoms with Crippen LogP contribution in [0.3, 0.4) is 0 Å². The van der Waals surface area contributed by atoms with Crippen LogP contribution in [-0.4, -0.2) is 22.5 Å². The number of hydrogen-bond donors (Lipinski definition) is 1. The van der Waals surface area contributed by atoms with E-state index in [0.29, 0.717) is 6.61 Å². The number of aromatic amines is 1. The van der Waals surface area contributed by atoms with E-state index in [0.717, 1.165) is 24.1 Å². The highest BCUT2D eigenvalue weighted by atomic mass is 16.5. The minimum Gasteiger partial charge on any atom is -0.460 e. The molecule has 1 aliphatic rings. The van der Waals surface area contributed by atoms with Crippen molar-refractivity contribution in [2.24, 2.45) is 5.41 Å². The standard InChI is InChI=1S/C28H44N2O2/c1-6-7-8-9-10-11-12-13-19-32-27(31)26-29-21-24(30-26)20-22(2)16-17-25-23(3)15-14-18-28(25,4)5/h16-17,20-21H,6-15,18-19H2,1-5H3,(H,29,30)/b17-16?,22-20+. The average Bonchev–Trinajstić information content (AvgIpc) is 3.20. The van der Waals surface area contributed by atoms with Gasteiger partial charge in [0.25, 0.3) is 0 Å². The van der Waals surface area contributed by atoms with E-state index in [4.69, 9.17) is 4.74 Å². The lowest BCUT2D eigenvalue weighted by Crippen LogP contribution is -2.19. The SMILES string of the molecule is CCCCCCCCCCOC(=O)c1nc(/C=C(\C)C=CC2=C(C)CCCC2(C)C)c[nH]1. The van der Waals surface area contributed by atoms with E-state index >= 15 is 0 Å². The Hall–Kier alpha value is -2.10. The lowest BCUT2D eigenvalue weighted by atomic mass is 9.72. The fourth-order valence-corrected chi connectivity index (χ4v) is 4.49. The second-order valence-corrected chi connectivity index (χ2v) is 9.94. The van der Waals surface area contributed by atoms with Crippen molar-refractivity contribution >= 4 is 12.0 Å². The molecule has 1 aromatic rings. The highest BCUT2D eigenvalue weighted by molar-refractivity contribution is 5.85. The molecule has 0 saturated heterocycles. The van der Waals surface area contributed by atoms with Crippen LogP contribution in [0.4, 0.5) is 0 Å². The zero-order chi connectivity index (χ0) is 23.4. The van der Waals surface area contributed by atoms with E-state index in [-0.39, 0.29) is 17.2 Å². The van der Waals surface area contributed by atoms with Crippen LogP contribution >= 0.6 is 0 Å². The summed E-state index contributed by atoms with van der Waals surface area (Å²) in [5, 5.41) is 0. The second kappa shape index (κ2) is 13.4. The predicted molar refractivity (Wildman–Crippen MR) is 135 cm³/mol. The van der Waals surface area contributed by atoms with Crippen LogP contribution in [0.2, 0.25) is 0 Å². The Morgan fingerprint density at radius 3 is 2.53 bits per heavy atom. The van der Waals surface area contributed by atoms with Crippen molar-refractivity contribution in [2.75, 3.05) is 6.61 Å². The molecular formula is C28H44N2O2. The van der Waals surface area contributed by atoms with Gasteiger partial charge in [-0.2, -0.15) is 0 Å². The van der Waals surface area contributed by atoms with Gasteiger partial charge < -0.3 is 9.72 Å². The normalized spacial score (nSPS) is 16.7. The largest absolute Gasteiger partial charge is 0.460 e. The molecule has 0 radical (unpaired) electrons. The smallest absolute Gasteiger partial charge is 0.374 e. The number of unbranched alkanes of at least 4 members (excludes halogenated alkanes) is 7. The van der Waals surface area contributed by atoms with Gasteiger partial charge in [-0.1, -0.05) is 83.4 Å². The van der Waals surface area contributed by atoms with E-state index in [1.807, 2.05) is 6.08 Å². The van der Waals surface area contributed by atoms with Crippen LogP contribution in [0.5, 0.6) is 0 Å². The molecule has 1 heterocycles. The van der Waals surface area contributed by atoms with Gasteiger partial charge in [0.2, 0.25) is 5.82 Å². The first-order chi connectivity index (χ1) is 15.3. The first-order valence-corrected chi connectivity index (χ1v) is 12.6. The predicted octanol–water partition coefficient (Wildman–Crippen LogP) is 8.19. The van der Waals surface area contributed by atoms with Crippen LogP contribution in [0, 0.1) is 5.41 Å². The Labute approximate surface area is 195 Å². The van der Waals surface area contributed by atoms with Crippen LogP contribution in [0.1, 0.15) is 122 Å². The number of nitrogens with zero attached hydrogens (tertiary/aromatic N) is 1. The molecule has 2 rings (SSSR count). The van der Waals surface area contributed by atoms with Crippen molar-refractivity contribution in [1.29, 1.82) is 0 Å². The van der Waals surface area contributed by atoms with Gasteiger partial charge in [-0.3, -0.25) is 0 Å². The fraction of sp³-hybridized carbons (Fsp3) is 0.643. The number of ether oxygens (including phenoxy) is 1. The van der Waals surface area contributed by atoms with Crippen molar-refractivity contribution < 1.29 is 9.53 Å². The molecule has 0 spiro atoms. The van der Waals surface area contributed by atoms with Gasteiger partial charge in [0, 0.05) is 6.20 Å². The molecule has 4 nitrogen and oxygen atoms in total. The van der Waals surface area contributed by atoms with Gasteiger partial charge in [0.1, 0.15) is 0 Å². The molecule has 0 unspecified atom stereocenters. The van der Waals surface area contributed by atoms with E-state index < -0.39 is 0 Å². The van der Waals surface area contributed by atoms with Gasteiger partial charge >= 0.3 is 5.97 Å². The molecule has 0 saturated carbocycles. The Kier molecular flexibility index (Phi) is 11.0. The van der Waals surface area contributed by atoms with Gasteiger partial charge in [-0.25, -0.2) is 9.78 Å². The summed E-state index contributed by atoms with van der Waals surface area (Å²) in [5.74, 6) is -0.0925. The number of nitrogens with one attached hydrogen (secondary N) is 1. The number of aromatic nitrogens is 2. The number of carbonyl (C=O) groups excluding carboxylic acids is 1. The number of allylic oxidation sites excluding steroid dienone is 5. The monoisotopic (exact) mass is 440 g/mol. The topological polar surface area (TPSA) is 55.0 Å². The maximum Gasteiger partial charge on any atom is 0.374 e. The fourth-order valence-electron chi connectivity index (χ4n) is 4.49. The first-order valence-electron chi connectivity index (χ1n) is 12.6. The summed E-state index contributed by atoms with van der Waals surface area (Å²) in [6, 6.07) is 0. The molecule has 0 aromatic carbocycles. The van der Waals surface area contributed by atoms with Crippen LogP contribution in [-0.2, 0) is 4.74 Å². The molecule has 0 atom stereocenters. The van der Waals surface area contributed by atoms with Crippen molar-refractivity contribution in [3.05, 3.63) is 46.6 Å². The molecule has 4 heteroatoms. The highest BCUT2D eigenvalue weighted by Crippen LogP contribution is 2.40. The van der Waals surface area contributed by atoms with Gasteiger partial charge in [-0.15, -0.1) is 0 Å². The van der Waals surface area contributed by atoms with Crippen LogP contribution < -0.4 is 0 Å². The number of rotatable bonds is 13. The molecule has 32 heavy (non-hydrogen) atoms. The number of imidazole rings is 1. The average molecular weight is 441 g/mol. The van der Waals surface area contributed by atoms with Gasteiger partial charge in [0.05, 0.1) is 12.3 Å². The molecular weight excluding hydrogens is 396 g/mol. The summed E-state index contributed by atoms with van der Waals surface area (Å²) in [7, 11) is 0. The summed E-state index contributed by atoms with van der Waals surface area (Å²) >= 11 is 0. The molecule has 0 amide bonds. The third-order valence-electron chi connectivity index (χ3n) is 6.45. The Morgan fingerprint density at radius 1 is 1.16 bits per heavy atom. The van der Waals surface area contributed by atoms with Crippen molar-refractivity contribution in [3.63, 3.8) is 0 Å². The van der Waals surface area contributed by atoms with Crippen molar-refractivity contribution in [3.8, 4) is 0 Å². The van der Waals surface area contributed by atoms with E-state index in [1.165, 1.54) is 68.9 Å². The summed E-state index contributed by atoms with van der Waals surface area (Å²) in [5.41, 5.74) is 5.03. The van der Waals surface area contributed by atoms with E-state index in [9.17, 15) is 4.79 Å². The number of hydrogen-bond acceptors (Lipinski definition) is 3. The third kappa shape index (κ3) is 8.80. The molecule has 0 bridgehead atoms. The third-order valence-corrected chi connectivity index (χ3v) is 6.45. The zero-order valence-corrected chi connectivity index (χ0v) is 21.1. The summed E-state index contributed by atoms with van der Waals surface area (Å²) in [4.78, 5) is 19.6. The highest BCUT2D eigenvalue weighted by Gasteiger charge is 2.26. The number of H-pyrrole nitrogens is 1. The maximum absolute atomic E-state index is 12.2. The zero-order valence-electron chi connectivity index (χ0n) is 21.1. The number of esters is 1. The first kappa shape index (κ1) is 26.2. The lowest BCUT2D eigenvalue weighted by molar-refractivity contribution is 0.0484. The molecule has 1 aromatic heterocycles. The summed E-state index contributed by atoms with van der Waals surface area (Å²) in [6.45, 7) is 11.7. The molecule has 1 aliphatic carbocycles. The quantitative estimate of drug-likeness (QED) is 0.191. The Morgan fingerprint density at radius 2 is 1.84 bits per heavy atom. The molecule has 178 valence electrons. The summed E-state index contributed by atoms with van der Waals surface area (Å²) < 4.78 is 5.38. The molecule has 0 aliphatic heterocycles. The van der Waals surface area contributed by atoms with Crippen molar-refractivity contribution in [2.45, 2.75) is 105 Å².